The van der Waals surface area contributed by atoms with Crippen LogP contribution in [0.2, 0.25) is 0 Å². The number of non-ortho nitro benzene ring substituents is 1. The Labute approximate surface area is 111 Å². The highest BCUT2D eigenvalue weighted by molar-refractivity contribution is 5.61. The Hall–Kier alpha value is -2.43. The number of nitro groups is 1. The molecule has 0 amide bonds. The Kier molecular flexibility index (Phi) is 3.75. The van der Waals surface area contributed by atoms with Gasteiger partial charge in [0.15, 0.2) is 0 Å². The van der Waals surface area contributed by atoms with Crippen LogP contribution < -0.4 is 5.32 Å². The van der Waals surface area contributed by atoms with Gasteiger partial charge in [-0.15, -0.1) is 0 Å². The lowest BCUT2D eigenvalue weighted by molar-refractivity contribution is -0.384. The number of benzene rings is 1. The Morgan fingerprint density at radius 1 is 1.16 bits per heavy atom. The van der Waals surface area contributed by atoms with E-state index >= 15 is 0 Å². The number of hydrogen-bond donors (Lipinski definition) is 1. The van der Waals surface area contributed by atoms with Crippen LogP contribution in [0.25, 0.3) is 0 Å². The molecule has 5 nitrogen and oxygen atoms in total. The lowest BCUT2D eigenvalue weighted by Gasteiger charge is -2.09. The first-order chi connectivity index (χ1) is 9.06. The van der Waals surface area contributed by atoms with Crippen molar-refractivity contribution >= 4 is 17.1 Å². The van der Waals surface area contributed by atoms with E-state index in [1.165, 1.54) is 12.1 Å². The van der Waals surface area contributed by atoms with Crippen molar-refractivity contribution in [2.75, 3.05) is 5.32 Å². The van der Waals surface area contributed by atoms with Gasteiger partial charge in [0.25, 0.3) is 5.69 Å². The molecule has 0 saturated heterocycles. The molecule has 1 heterocycles. The van der Waals surface area contributed by atoms with E-state index in [-0.39, 0.29) is 5.69 Å². The molecular formula is C14H15N3O2. The van der Waals surface area contributed by atoms with Crippen molar-refractivity contribution in [3.8, 4) is 0 Å². The Morgan fingerprint density at radius 3 is 2.42 bits per heavy atom. The summed E-state index contributed by atoms with van der Waals surface area (Å²) in [5.41, 5.74) is 2.83. The predicted octanol–water partition coefficient (Wildman–Crippen LogP) is 3.86. The molecule has 0 aliphatic rings. The van der Waals surface area contributed by atoms with Crippen molar-refractivity contribution in [1.29, 1.82) is 0 Å². The van der Waals surface area contributed by atoms with E-state index in [4.69, 9.17) is 0 Å². The highest BCUT2D eigenvalue weighted by Gasteiger charge is 2.05. The topological polar surface area (TPSA) is 68.1 Å². The summed E-state index contributed by atoms with van der Waals surface area (Å²) in [6.45, 7) is 4.16. The summed E-state index contributed by atoms with van der Waals surface area (Å²) in [4.78, 5) is 14.4. The van der Waals surface area contributed by atoms with Crippen molar-refractivity contribution in [2.24, 2.45) is 0 Å². The Balaban J connectivity index is 2.16. The van der Waals surface area contributed by atoms with Crippen LogP contribution in [-0.2, 0) is 0 Å². The van der Waals surface area contributed by atoms with Gasteiger partial charge in [0, 0.05) is 35.4 Å². The van der Waals surface area contributed by atoms with Crippen LogP contribution in [-0.4, -0.2) is 9.91 Å². The molecule has 1 aromatic heterocycles. The van der Waals surface area contributed by atoms with Gasteiger partial charge in [-0.1, -0.05) is 13.8 Å². The smallest absolute Gasteiger partial charge is 0.269 e. The number of rotatable bonds is 4. The molecule has 0 spiro atoms. The number of nitrogens with one attached hydrogen (secondary N) is 1. The monoisotopic (exact) mass is 257 g/mol. The molecule has 0 saturated carbocycles. The van der Waals surface area contributed by atoms with Crippen LogP contribution in [0.3, 0.4) is 0 Å². The van der Waals surface area contributed by atoms with Crippen molar-refractivity contribution in [2.45, 2.75) is 19.8 Å². The summed E-state index contributed by atoms with van der Waals surface area (Å²) in [5, 5.41) is 13.8. The molecule has 0 unspecified atom stereocenters. The van der Waals surface area contributed by atoms with Gasteiger partial charge in [0.05, 0.1) is 4.92 Å². The third-order valence-electron chi connectivity index (χ3n) is 2.74. The average molecular weight is 257 g/mol. The van der Waals surface area contributed by atoms with Crippen molar-refractivity contribution < 1.29 is 4.92 Å². The zero-order valence-corrected chi connectivity index (χ0v) is 10.8. The fourth-order valence-electron chi connectivity index (χ4n) is 1.67. The van der Waals surface area contributed by atoms with E-state index in [9.17, 15) is 10.1 Å². The molecule has 0 fully saturated rings. The largest absolute Gasteiger partial charge is 0.355 e. The molecule has 5 heteroatoms. The summed E-state index contributed by atoms with van der Waals surface area (Å²) < 4.78 is 0. The van der Waals surface area contributed by atoms with Crippen molar-refractivity contribution in [3.63, 3.8) is 0 Å². The quantitative estimate of drug-likeness (QED) is 0.667. The summed E-state index contributed by atoms with van der Waals surface area (Å²) in [6.07, 6.45) is 1.75. The van der Waals surface area contributed by atoms with Crippen molar-refractivity contribution in [1.82, 2.24) is 4.98 Å². The van der Waals surface area contributed by atoms with Gasteiger partial charge in [-0.2, -0.15) is 0 Å². The molecule has 0 radical (unpaired) electrons. The summed E-state index contributed by atoms with van der Waals surface area (Å²) >= 11 is 0. The lowest BCUT2D eigenvalue weighted by atomic mass is 10.1. The maximum Gasteiger partial charge on any atom is 0.269 e. The van der Waals surface area contributed by atoms with Crippen LogP contribution in [0.4, 0.5) is 17.1 Å². The van der Waals surface area contributed by atoms with Gasteiger partial charge in [0.1, 0.15) is 0 Å². The summed E-state index contributed by atoms with van der Waals surface area (Å²) in [5.74, 6) is 0.360. The predicted molar refractivity (Wildman–Crippen MR) is 74.7 cm³/mol. The fraction of sp³-hybridized carbons (Fsp3) is 0.214. The first-order valence-electron chi connectivity index (χ1n) is 6.03. The van der Waals surface area contributed by atoms with E-state index in [1.54, 1.807) is 18.3 Å². The molecule has 0 bridgehead atoms. The second-order valence-electron chi connectivity index (χ2n) is 4.55. The molecule has 2 aromatic rings. The first kappa shape index (κ1) is 13.0. The molecule has 1 aromatic carbocycles. The number of nitrogens with zero attached hydrogens (tertiary/aromatic N) is 2. The third kappa shape index (κ3) is 3.28. The number of aromatic nitrogens is 1. The number of pyridine rings is 1. The van der Waals surface area contributed by atoms with E-state index in [0.717, 1.165) is 17.1 Å². The van der Waals surface area contributed by atoms with E-state index in [0.29, 0.717) is 5.92 Å². The number of hydrogen-bond acceptors (Lipinski definition) is 4. The highest BCUT2D eigenvalue weighted by atomic mass is 16.6. The number of nitro benzene ring substituents is 1. The molecule has 98 valence electrons. The highest BCUT2D eigenvalue weighted by Crippen LogP contribution is 2.21. The maximum atomic E-state index is 10.6. The van der Waals surface area contributed by atoms with E-state index in [2.05, 4.69) is 24.1 Å². The first-order valence-corrected chi connectivity index (χ1v) is 6.03. The minimum atomic E-state index is -0.410. The average Bonchev–Trinajstić information content (AvgIpc) is 2.39. The molecule has 0 aliphatic carbocycles. The van der Waals surface area contributed by atoms with Crippen LogP contribution in [0, 0.1) is 10.1 Å². The van der Waals surface area contributed by atoms with Gasteiger partial charge in [-0.25, -0.2) is 0 Å². The second-order valence-corrected chi connectivity index (χ2v) is 4.55. The zero-order valence-electron chi connectivity index (χ0n) is 10.8. The van der Waals surface area contributed by atoms with Gasteiger partial charge in [-0.05, 0) is 30.2 Å². The maximum absolute atomic E-state index is 10.6. The van der Waals surface area contributed by atoms with Crippen molar-refractivity contribution in [3.05, 3.63) is 58.4 Å². The summed E-state index contributed by atoms with van der Waals surface area (Å²) in [6, 6.07) is 10.2. The minimum absolute atomic E-state index is 0.0862. The molecule has 2 rings (SSSR count). The summed E-state index contributed by atoms with van der Waals surface area (Å²) in [7, 11) is 0. The van der Waals surface area contributed by atoms with Crippen LogP contribution in [0.1, 0.15) is 25.5 Å². The third-order valence-corrected chi connectivity index (χ3v) is 2.74. The second kappa shape index (κ2) is 5.48. The molecular weight excluding hydrogens is 242 g/mol. The molecule has 0 aliphatic heterocycles. The fourth-order valence-corrected chi connectivity index (χ4v) is 1.67. The molecule has 1 N–H and O–H groups in total. The Bertz CT molecular complexity index is 579. The Morgan fingerprint density at radius 2 is 1.84 bits per heavy atom. The normalized spacial score (nSPS) is 10.5. The van der Waals surface area contributed by atoms with Crippen LogP contribution in [0.15, 0.2) is 42.6 Å². The zero-order chi connectivity index (χ0) is 13.8. The van der Waals surface area contributed by atoms with Gasteiger partial charge in [0.2, 0.25) is 0 Å². The SMILES string of the molecule is CC(C)c1cc(Nc2ccc([N+](=O)[O-])cc2)ccn1. The van der Waals surface area contributed by atoms with E-state index in [1.807, 2.05) is 12.1 Å². The molecule has 19 heavy (non-hydrogen) atoms. The van der Waals surface area contributed by atoms with E-state index < -0.39 is 4.92 Å². The van der Waals surface area contributed by atoms with Gasteiger partial charge >= 0.3 is 0 Å². The van der Waals surface area contributed by atoms with Gasteiger partial charge in [-0.3, -0.25) is 15.1 Å². The number of anilines is 2. The standard InChI is InChI=1S/C14H15N3O2/c1-10(2)14-9-12(7-8-15-14)16-11-3-5-13(6-4-11)17(18)19/h3-10H,1-2H3,(H,15,16). The van der Waals surface area contributed by atoms with Crippen LogP contribution in [0.5, 0.6) is 0 Å². The molecule has 0 atom stereocenters. The minimum Gasteiger partial charge on any atom is -0.355 e. The van der Waals surface area contributed by atoms with Gasteiger partial charge < -0.3 is 5.32 Å². The van der Waals surface area contributed by atoms with Crippen LogP contribution >= 0.6 is 0 Å². The lowest BCUT2D eigenvalue weighted by Crippen LogP contribution is -1.96.